The van der Waals surface area contributed by atoms with Crippen molar-refractivity contribution >= 4 is 39.5 Å². The van der Waals surface area contributed by atoms with Gasteiger partial charge in [-0.2, -0.15) is 0 Å². The summed E-state index contributed by atoms with van der Waals surface area (Å²) in [5.41, 5.74) is 2.57. The summed E-state index contributed by atoms with van der Waals surface area (Å²) >= 11 is 3.18. The number of hydrogen-bond acceptors (Lipinski definition) is 7. The number of carbonyl (C=O) groups excluding carboxylic acids is 1. The van der Waals surface area contributed by atoms with Gasteiger partial charge in [0.15, 0.2) is 5.13 Å². The van der Waals surface area contributed by atoms with E-state index >= 15 is 0 Å². The minimum Gasteiger partial charge on any atom is -0.339 e. The summed E-state index contributed by atoms with van der Waals surface area (Å²) in [6, 6.07) is 3.65. The van der Waals surface area contributed by atoms with Crippen molar-refractivity contribution in [3.63, 3.8) is 0 Å². The zero-order valence-electron chi connectivity index (χ0n) is 14.7. The van der Waals surface area contributed by atoms with Gasteiger partial charge in [0.2, 0.25) is 0 Å². The molecule has 26 heavy (non-hydrogen) atoms. The van der Waals surface area contributed by atoms with E-state index in [2.05, 4.69) is 20.3 Å². The number of pyridine rings is 1. The van der Waals surface area contributed by atoms with E-state index in [-0.39, 0.29) is 5.91 Å². The van der Waals surface area contributed by atoms with Gasteiger partial charge in [-0.25, -0.2) is 15.0 Å². The quantitative estimate of drug-likeness (QED) is 0.727. The largest absolute Gasteiger partial charge is 0.339 e. The fraction of sp³-hybridized carbons (Fsp3) is 0.333. The molecule has 134 valence electrons. The number of likely N-dealkylation sites (tertiary alicyclic amines) is 1. The topological polar surface area (TPSA) is 71.0 Å². The number of nitrogens with zero attached hydrogens (tertiary/aromatic N) is 4. The maximum absolute atomic E-state index is 12.4. The lowest BCUT2D eigenvalue weighted by Gasteiger charge is -2.14. The van der Waals surface area contributed by atoms with E-state index < -0.39 is 0 Å². The molecule has 1 N–H and O–H groups in total. The van der Waals surface area contributed by atoms with Crippen molar-refractivity contribution in [2.45, 2.75) is 26.7 Å². The molecule has 1 fully saturated rings. The number of nitrogens with one attached hydrogen (secondary N) is 1. The van der Waals surface area contributed by atoms with Crippen molar-refractivity contribution in [2.75, 3.05) is 18.4 Å². The first-order chi connectivity index (χ1) is 12.6. The lowest BCUT2D eigenvalue weighted by molar-refractivity contribution is 0.0792. The number of amides is 1. The van der Waals surface area contributed by atoms with Crippen molar-refractivity contribution in [1.29, 1.82) is 0 Å². The van der Waals surface area contributed by atoms with Crippen LogP contribution in [0.25, 0.3) is 10.6 Å². The number of rotatable bonds is 4. The number of thiazole rings is 2. The molecule has 0 unspecified atom stereocenters. The predicted octanol–water partition coefficient (Wildman–Crippen LogP) is 4.26. The molecule has 6 nitrogen and oxygen atoms in total. The van der Waals surface area contributed by atoms with Crippen LogP contribution < -0.4 is 5.32 Å². The molecule has 0 aromatic carbocycles. The average Bonchev–Trinajstić information content (AvgIpc) is 3.36. The molecule has 1 saturated heterocycles. The molecule has 8 heteroatoms. The SMILES string of the molecule is Cc1nc(C)c(-c2csc(Nc3ccc(C(=O)N4CCCC4)cn3)n2)s1. The van der Waals surface area contributed by atoms with E-state index in [1.165, 1.54) is 11.3 Å². The van der Waals surface area contributed by atoms with Crippen LogP contribution in [0.4, 0.5) is 10.9 Å². The second kappa shape index (κ2) is 7.13. The second-order valence-corrected chi connectivity index (χ2v) is 8.30. The van der Waals surface area contributed by atoms with Crippen LogP contribution >= 0.6 is 22.7 Å². The van der Waals surface area contributed by atoms with Gasteiger partial charge in [-0.15, -0.1) is 22.7 Å². The van der Waals surface area contributed by atoms with Crippen LogP contribution in [0.2, 0.25) is 0 Å². The zero-order valence-corrected chi connectivity index (χ0v) is 16.3. The molecule has 0 spiro atoms. The molecule has 1 amide bonds. The van der Waals surface area contributed by atoms with Crippen LogP contribution in [0.3, 0.4) is 0 Å². The molecule has 0 aliphatic carbocycles. The third kappa shape index (κ3) is 3.47. The zero-order chi connectivity index (χ0) is 18.1. The number of carbonyl (C=O) groups is 1. The van der Waals surface area contributed by atoms with E-state index in [0.717, 1.165) is 52.3 Å². The van der Waals surface area contributed by atoms with Gasteiger partial charge in [0.05, 0.1) is 26.8 Å². The van der Waals surface area contributed by atoms with Crippen molar-refractivity contribution in [3.05, 3.63) is 40.0 Å². The maximum Gasteiger partial charge on any atom is 0.255 e. The molecule has 4 rings (SSSR count). The van der Waals surface area contributed by atoms with Gasteiger partial charge >= 0.3 is 0 Å². The minimum atomic E-state index is 0.0640. The Balaban J connectivity index is 1.46. The van der Waals surface area contributed by atoms with Crippen molar-refractivity contribution in [2.24, 2.45) is 0 Å². The predicted molar refractivity (Wildman–Crippen MR) is 105 cm³/mol. The van der Waals surface area contributed by atoms with E-state index in [9.17, 15) is 4.79 Å². The fourth-order valence-electron chi connectivity index (χ4n) is 3.01. The Morgan fingerprint density at radius 1 is 1.19 bits per heavy atom. The van der Waals surface area contributed by atoms with Gasteiger partial charge in [0.25, 0.3) is 5.91 Å². The molecule has 0 atom stereocenters. The van der Waals surface area contributed by atoms with Crippen molar-refractivity contribution in [1.82, 2.24) is 19.9 Å². The first-order valence-corrected chi connectivity index (χ1v) is 10.2. The van der Waals surface area contributed by atoms with Crippen LogP contribution in [0.15, 0.2) is 23.7 Å². The number of hydrogen-bond donors (Lipinski definition) is 1. The van der Waals surface area contributed by atoms with Crippen molar-refractivity contribution < 1.29 is 4.79 Å². The number of aromatic nitrogens is 3. The Labute approximate surface area is 160 Å². The smallest absolute Gasteiger partial charge is 0.255 e. The molecule has 0 radical (unpaired) electrons. The van der Waals surface area contributed by atoms with E-state index in [0.29, 0.717) is 11.4 Å². The molecule has 0 bridgehead atoms. The summed E-state index contributed by atoms with van der Waals surface area (Å²) in [7, 11) is 0. The number of anilines is 2. The maximum atomic E-state index is 12.4. The van der Waals surface area contributed by atoms with Gasteiger partial charge in [0, 0.05) is 24.7 Å². The first kappa shape index (κ1) is 17.1. The van der Waals surface area contributed by atoms with Gasteiger partial charge in [-0.05, 0) is 38.8 Å². The lowest BCUT2D eigenvalue weighted by Crippen LogP contribution is -2.27. The van der Waals surface area contributed by atoms with Gasteiger partial charge in [0.1, 0.15) is 5.82 Å². The van der Waals surface area contributed by atoms with Crippen LogP contribution in [0.1, 0.15) is 33.9 Å². The monoisotopic (exact) mass is 385 g/mol. The van der Waals surface area contributed by atoms with Gasteiger partial charge in [-0.1, -0.05) is 0 Å². The minimum absolute atomic E-state index is 0.0640. The van der Waals surface area contributed by atoms with Crippen LogP contribution in [-0.4, -0.2) is 38.8 Å². The summed E-state index contributed by atoms with van der Waals surface area (Å²) in [6.07, 6.45) is 3.81. The van der Waals surface area contributed by atoms with Crippen LogP contribution in [-0.2, 0) is 0 Å². The van der Waals surface area contributed by atoms with E-state index in [1.807, 2.05) is 36.3 Å². The highest BCUT2D eigenvalue weighted by molar-refractivity contribution is 7.16. The summed E-state index contributed by atoms with van der Waals surface area (Å²) < 4.78 is 0. The normalized spacial score (nSPS) is 14.0. The number of aryl methyl sites for hydroxylation is 2. The first-order valence-electron chi connectivity index (χ1n) is 8.52. The molecule has 1 aliphatic rings. The Kier molecular flexibility index (Phi) is 4.69. The molecular weight excluding hydrogens is 366 g/mol. The highest BCUT2D eigenvalue weighted by atomic mass is 32.1. The van der Waals surface area contributed by atoms with Gasteiger partial charge < -0.3 is 10.2 Å². The lowest BCUT2D eigenvalue weighted by atomic mass is 10.2. The molecule has 1 aliphatic heterocycles. The van der Waals surface area contributed by atoms with Crippen LogP contribution in [0.5, 0.6) is 0 Å². The average molecular weight is 386 g/mol. The van der Waals surface area contributed by atoms with Crippen LogP contribution in [0, 0.1) is 13.8 Å². The molecule has 0 saturated carbocycles. The third-order valence-corrected chi connectivity index (χ3v) is 6.13. The second-order valence-electron chi connectivity index (χ2n) is 6.24. The van der Waals surface area contributed by atoms with Gasteiger partial charge in [-0.3, -0.25) is 4.79 Å². The summed E-state index contributed by atoms with van der Waals surface area (Å²) in [4.78, 5) is 28.8. The standard InChI is InChI=1S/C18H19N5OS2/c1-11-16(26-12(2)20-11)14-10-25-18(21-14)22-15-6-5-13(9-19-15)17(24)23-7-3-4-8-23/h5-6,9-10H,3-4,7-8H2,1-2H3,(H,19,21,22). The third-order valence-electron chi connectivity index (χ3n) is 4.28. The molecule has 3 aromatic rings. The highest BCUT2D eigenvalue weighted by Gasteiger charge is 2.19. The van der Waals surface area contributed by atoms with E-state index in [4.69, 9.17) is 0 Å². The molecular formula is C18H19N5OS2. The molecule has 4 heterocycles. The summed E-state index contributed by atoms with van der Waals surface area (Å²) in [5.74, 6) is 0.746. The Morgan fingerprint density at radius 3 is 2.65 bits per heavy atom. The van der Waals surface area contributed by atoms with Crippen molar-refractivity contribution in [3.8, 4) is 10.6 Å². The Bertz CT molecular complexity index is 925. The Morgan fingerprint density at radius 2 is 2.00 bits per heavy atom. The molecule has 3 aromatic heterocycles. The van der Waals surface area contributed by atoms with E-state index in [1.54, 1.807) is 17.5 Å². The fourth-order valence-corrected chi connectivity index (χ4v) is 4.67. The highest BCUT2D eigenvalue weighted by Crippen LogP contribution is 2.32. The summed E-state index contributed by atoms with van der Waals surface area (Å²) in [6.45, 7) is 5.69. The Hall–Kier alpha value is -2.32. The summed E-state index contributed by atoms with van der Waals surface area (Å²) in [5, 5.41) is 7.05.